The molecule has 0 saturated heterocycles. The molecule has 2 aliphatic carbocycles. The van der Waals surface area contributed by atoms with Crippen molar-refractivity contribution in [2.75, 3.05) is 13.2 Å². The van der Waals surface area contributed by atoms with Gasteiger partial charge in [-0.05, 0) is 63.8 Å². The number of aromatic carboxylic acids is 1. The average molecular weight is 521 g/mol. The van der Waals surface area contributed by atoms with Gasteiger partial charge in [0.1, 0.15) is 22.8 Å². The molecule has 3 N–H and O–H groups in total. The van der Waals surface area contributed by atoms with Gasteiger partial charge in [0.05, 0.1) is 6.61 Å². The number of carboxylic acid groups (broad SMARTS) is 1. The number of aromatic nitrogens is 6. The molecule has 6 rings (SSSR count). The standard InChI is InChI=1S/C12H13N3O2.C10H9N3O2.C2H6O.Na.H2O/c1-2-17-12(16)9-4-3-7-15-10(8-5-6-8)13-14-11(9)15;14-10(15)7-2-1-5-13-8(6-3-4-6)11-12-9(7)13;1-2-3;;/h3-4,7-8H,2,5-6H2,1H3;1-2,5-6H,3-4H2,(H,14,15);3H,2H2,1H3;;1H2/q;;;+1;/p-1. The zero-order valence-electron chi connectivity index (χ0n) is 21.1. The van der Waals surface area contributed by atoms with E-state index >= 15 is 0 Å². The first-order valence-corrected chi connectivity index (χ1v) is 11.7. The zero-order chi connectivity index (χ0) is 24.9. The second-order valence-corrected chi connectivity index (χ2v) is 8.24. The molecule has 0 bridgehead atoms. The number of rotatable bonds is 5. The molecule has 0 atom stereocenters. The van der Waals surface area contributed by atoms with E-state index in [2.05, 4.69) is 20.4 Å². The van der Waals surface area contributed by atoms with E-state index in [1.54, 1.807) is 36.4 Å². The summed E-state index contributed by atoms with van der Waals surface area (Å²) in [4.78, 5) is 22.7. The molecule has 0 aliphatic heterocycles. The number of esters is 1. The number of carbonyl (C=O) groups excluding carboxylic acids is 1. The maximum absolute atomic E-state index is 11.8. The van der Waals surface area contributed by atoms with Crippen molar-refractivity contribution in [1.82, 2.24) is 29.2 Å². The van der Waals surface area contributed by atoms with E-state index in [0.717, 1.165) is 37.3 Å². The Labute approximate surface area is 235 Å². The third kappa shape index (κ3) is 6.90. The van der Waals surface area contributed by atoms with E-state index in [4.69, 9.17) is 14.9 Å². The summed E-state index contributed by atoms with van der Waals surface area (Å²) in [7, 11) is 0. The van der Waals surface area contributed by atoms with Crippen LogP contribution in [0.25, 0.3) is 11.3 Å². The monoisotopic (exact) mass is 520 g/mol. The number of ether oxygens (including phenoxy) is 1. The average Bonchev–Trinajstić information content (AvgIpc) is 3.79. The van der Waals surface area contributed by atoms with Crippen molar-refractivity contribution in [3.05, 3.63) is 59.4 Å². The minimum Gasteiger partial charge on any atom is -0.870 e. The van der Waals surface area contributed by atoms with Crippen LogP contribution < -0.4 is 29.6 Å². The van der Waals surface area contributed by atoms with Crippen LogP contribution >= 0.6 is 0 Å². The van der Waals surface area contributed by atoms with Gasteiger partial charge in [-0.15, -0.1) is 20.4 Å². The van der Waals surface area contributed by atoms with E-state index in [9.17, 15) is 9.59 Å². The van der Waals surface area contributed by atoms with E-state index < -0.39 is 5.97 Å². The predicted octanol–water partition coefficient (Wildman–Crippen LogP) is -0.0859. The van der Waals surface area contributed by atoms with Crippen molar-refractivity contribution in [3.8, 4) is 0 Å². The maximum Gasteiger partial charge on any atom is 1.00 e. The minimum atomic E-state index is -0.963. The SMILES string of the molecule is CCO.CCOC(=O)c1cccn2c(C3CC3)nnc12.O=C(O)c1cccn2c(C3CC3)nnc12.[Na+].[OH-]. The van der Waals surface area contributed by atoms with Gasteiger partial charge in [-0.2, -0.15) is 0 Å². The van der Waals surface area contributed by atoms with E-state index in [-0.39, 0.29) is 53.2 Å². The molecule has 2 aliphatic rings. The number of pyridine rings is 2. The summed E-state index contributed by atoms with van der Waals surface area (Å²) in [6.45, 7) is 4.08. The van der Waals surface area contributed by atoms with Gasteiger partial charge in [-0.3, -0.25) is 8.80 Å². The molecule has 2 fully saturated rings. The molecule has 0 unspecified atom stereocenters. The summed E-state index contributed by atoms with van der Waals surface area (Å²) in [6.07, 6.45) is 8.27. The quantitative estimate of drug-likeness (QED) is 0.267. The van der Waals surface area contributed by atoms with Gasteiger partial charge in [-0.25, -0.2) is 9.59 Å². The van der Waals surface area contributed by atoms with Crippen LogP contribution in [0.5, 0.6) is 0 Å². The Morgan fingerprint density at radius 2 is 1.32 bits per heavy atom. The molecular formula is C24H29N6NaO6. The summed E-state index contributed by atoms with van der Waals surface area (Å²) in [5, 5.41) is 32.8. The molecule has 0 radical (unpaired) electrons. The van der Waals surface area contributed by atoms with Crippen LogP contribution in [0.1, 0.15) is 83.7 Å². The predicted molar refractivity (Wildman–Crippen MR) is 128 cm³/mol. The molecule has 192 valence electrons. The smallest absolute Gasteiger partial charge is 0.870 e. The molecule has 12 nitrogen and oxygen atoms in total. The number of hydrogen-bond acceptors (Lipinski definition) is 9. The summed E-state index contributed by atoms with van der Waals surface area (Å²) >= 11 is 0. The number of hydrogen-bond donors (Lipinski definition) is 2. The topological polar surface area (TPSA) is 174 Å². The van der Waals surface area contributed by atoms with Gasteiger partial charge in [0, 0.05) is 30.8 Å². The number of carbonyl (C=O) groups is 2. The second kappa shape index (κ2) is 13.6. The molecule has 13 heteroatoms. The summed E-state index contributed by atoms with van der Waals surface area (Å²) in [6, 6.07) is 6.81. The summed E-state index contributed by atoms with van der Waals surface area (Å²) < 4.78 is 8.67. The Hall–Kier alpha value is -2.90. The Morgan fingerprint density at radius 1 is 0.892 bits per heavy atom. The van der Waals surface area contributed by atoms with Crippen molar-refractivity contribution in [3.63, 3.8) is 0 Å². The van der Waals surface area contributed by atoms with Gasteiger partial charge < -0.3 is 20.4 Å². The molecule has 4 aromatic heterocycles. The third-order valence-electron chi connectivity index (χ3n) is 5.53. The van der Waals surface area contributed by atoms with Crippen LogP contribution in [-0.2, 0) is 4.74 Å². The number of fused-ring (bicyclic) bond motifs is 2. The summed E-state index contributed by atoms with van der Waals surface area (Å²) in [5.74, 6) is 1.49. The van der Waals surface area contributed by atoms with E-state index in [1.165, 1.54) is 0 Å². The molecule has 0 spiro atoms. The van der Waals surface area contributed by atoms with Crippen molar-refractivity contribution in [1.29, 1.82) is 0 Å². The van der Waals surface area contributed by atoms with Crippen molar-refractivity contribution < 1.29 is 59.6 Å². The van der Waals surface area contributed by atoms with Gasteiger partial charge in [-0.1, -0.05) is 0 Å². The van der Waals surface area contributed by atoms with E-state index in [1.807, 2.05) is 22.9 Å². The number of carboxylic acids is 1. The van der Waals surface area contributed by atoms with Crippen LogP contribution in [-0.4, -0.2) is 70.0 Å². The Balaban J connectivity index is 0.000000226. The first-order chi connectivity index (χ1) is 17.0. The van der Waals surface area contributed by atoms with Gasteiger partial charge in [0.15, 0.2) is 11.3 Å². The van der Waals surface area contributed by atoms with Crippen LogP contribution in [0.4, 0.5) is 0 Å². The third-order valence-corrected chi connectivity index (χ3v) is 5.53. The molecule has 0 amide bonds. The maximum atomic E-state index is 11.8. The zero-order valence-corrected chi connectivity index (χ0v) is 23.1. The summed E-state index contributed by atoms with van der Waals surface area (Å²) in [5.41, 5.74) is 1.71. The molecule has 0 aromatic carbocycles. The Morgan fingerprint density at radius 3 is 1.73 bits per heavy atom. The van der Waals surface area contributed by atoms with Gasteiger partial charge >= 0.3 is 41.5 Å². The van der Waals surface area contributed by atoms with Crippen LogP contribution in [0, 0.1) is 0 Å². The van der Waals surface area contributed by atoms with Crippen molar-refractivity contribution in [2.45, 2.75) is 51.4 Å². The van der Waals surface area contributed by atoms with Crippen molar-refractivity contribution >= 4 is 23.2 Å². The minimum absolute atomic E-state index is 0. The largest absolute Gasteiger partial charge is 1.00 e. The molecule has 4 heterocycles. The van der Waals surface area contributed by atoms with Gasteiger partial charge in [0.25, 0.3) is 0 Å². The van der Waals surface area contributed by atoms with Gasteiger partial charge in [0.2, 0.25) is 0 Å². The fourth-order valence-corrected chi connectivity index (χ4v) is 3.64. The number of nitrogens with zero attached hydrogens (tertiary/aromatic N) is 6. The number of aliphatic hydroxyl groups is 1. The first kappa shape index (κ1) is 30.3. The molecule has 4 aromatic rings. The Kier molecular flexibility index (Phi) is 11.1. The Bertz CT molecular complexity index is 1350. The molecule has 37 heavy (non-hydrogen) atoms. The number of aliphatic hydroxyl groups excluding tert-OH is 1. The van der Waals surface area contributed by atoms with E-state index in [0.29, 0.717) is 35.3 Å². The second-order valence-electron chi connectivity index (χ2n) is 8.24. The fraction of sp³-hybridized carbons (Fsp3) is 0.417. The first-order valence-electron chi connectivity index (χ1n) is 11.7. The van der Waals surface area contributed by atoms with Crippen LogP contribution in [0.2, 0.25) is 0 Å². The fourth-order valence-electron chi connectivity index (χ4n) is 3.64. The van der Waals surface area contributed by atoms with Crippen LogP contribution in [0.15, 0.2) is 36.7 Å². The molecule has 2 saturated carbocycles. The molecular weight excluding hydrogens is 491 g/mol. The van der Waals surface area contributed by atoms with Crippen LogP contribution in [0.3, 0.4) is 0 Å². The normalized spacial score (nSPS) is 13.8. The van der Waals surface area contributed by atoms with Crippen molar-refractivity contribution in [2.24, 2.45) is 0 Å².